The van der Waals surface area contributed by atoms with Crippen molar-refractivity contribution >= 4 is 12.0 Å². The molecule has 2 amide bonds. The predicted octanol–water partition coefficient (Wildman–Crippen LogP) is 2.66. The minimum absolute atomic E-state index is 0.102. The van der Waals surface area contributed by atoms with E-state index in [-0.39, 0.29) is 17.4 Å². The van der Waals surface area contributed by atoms with Gasteiger partial charge in [-0.25, -0.2) is 4.79 Å². The Morgan fingerprint density at radius 3 is 2.66 bits per heavy atom. The van der Waals surface area contributed by atoms with Crippen molar-refractivity contribution in [1.29, 1.82) is 0 Å². The van der Waals surface area contributed by atoms with Gasteiger partial charge >= 0.3 is 6.09 Å². The maximum Gasteiger partial charge on any atom is 0.407 e. The fourth-order valence-corrected chi connectivity index (χ4v) is 4.21. The topological polar surface area (TPSA) is 94.5 Å². The summed E-state index contributed by atoms with van der Waals surface area (Å²) in [6.07, 6.45) is 7.09. The molecule has 1 aromatic heterocycles. The second kappa shape index (κ2) is 8.73. The van der Waals surface area contributed by atoms with Gasteiger partial charge in [0.05, 0.1) is 23.1 Å². The highest BCUT2D eigenvalue weighted by atomic mass is 16.6. The third-order valence-corrected chi connectivity index (χ3v) is 5.88. The average molecular weight is 407 g/mol. The highest BCUT2D eigenvalue weighted by molar-refractivity contribution is 5.95. The zero-order valence-corrected chi connectivity index (χ0v) is 18.0. The van der Waals surface area contributed by atoms with Gasteiger partial charge in [-0.15, -0.1) is 0 Å². The first-order valence-corrected chi connectivity index (χ1v) is 10.6. The summed E-state index contributed by atoms with van der Waals surface area (Å²) in [5.74, 6) is 0.147. The molecule has 1 fully saturated rings. The molecule has 0 radical (unpaired) electrons. The van der Waals surface area contributed by atoms with Crippen LogP contribution in [0.3, 0.4) is 0 Å². The Morgan fingerprint density at radius 2 is 2.00 bits per heavy atom. The van der Waals surface area contributed by atoms with Crippen LogP contribution in [0.25, 0.3) is 0 Å². The van der Waals surface area contributed by atoms with Crippen molar-refractivity contribution < 1.29 is 19.1 Å². The second-order valence-corrected chi connectivity index (χ2v) is 9.25. The first kappa shape index (κ1) is 21.6. The Balaban J connectivity index is 1.56. The number of aromatic nitrogens is 2. The lowest BCUT2D eigenvalue weighted by molar-refractivity contribution is -0.00261. The van der Waals surface area contributed by atoms with E-state index in [0.717, 1.165) is 44.3 Å². The molecule has 2 aliphatic rings. The quantitative estimate of drug-likeness (QED) is 0.757. The summed E-state index contributed by atoms with van der Waals surface area (Å²) in [7, 11) is 1.72. The molecule has 0 saturated heterocycles. The molecule has 0 bridgehead atoms. The Bertz CT molecular complexity index is 732. The van der Waals surface area contributed by atoms with Crippen molar-refractivity contribution in [3.63, 3.8) is 0 Å². The summed E-state index contributed by atoms with van der Waals surface area (Å²) < 4.78 is 12.9. The molecule has 2 heterocycles. The molecule has 1 atom stereocenters. The van der Waals surface area contributed by atoms with E-state index in [4.69, 9.17) is 9.47 Å². The number of amides is 2. The molecule has 1 saturated carbocycles. The van der Waals surface area contributed by atoms with E-state index >= 15 is 0 Å². The van der Waals surface area contributed by atoms with E-state index in [2.05, 4.69) is 15.7 Å². The minimum atomic E-state index is -0.514. The summed E-state index contributed by atoms with van der Waals surface area (Å²) in [4.78, 5) is 24.7. The summed E-state index contributed by atoms with van der Waals surface area (Å²) in [6, 6.07) is 0. The standard InChI is InChI=1S/C21H34N4O4/c1-20(2,3)29-19(27)22-12-15-7-10-25-17(11-15)16(13-24-25)18(26)23-14-21(28-4)8-5-6-9-21/h13,15H,5-12,14H2,1-4H3,(H,22,27)(H,23,26). The average Bonchev–Trinajstić information content (AvgIpc) is 3.30. The van der Waals surface area contributed by atoms with Crippen LogP contribution in [0.15, 0.2) is 6.20 Å². The molecule has 1 aliphatic heterocycles. The molecule has 1 unspecified atom stereocenters. The van der Waals surface area contributed by atoms with Gasteiger partial charge in [-0.2, -0.15) is 5.10 Å². The third kappa shape index (κ3) is 5.50. The Hall–Kier alpha value is -2.09. The zero-order chi connectivity index (χ0) is 21.1. The highest BCUT2D eigenvalue weighted by Gasteiger charge is 2.34. The van der Waals surface area contributed by atoms with Crippen LogP contribution in [0.4, 0.5) is 4.79 Å². The fraction of sp³-hybridized carbons (Fsp3) is 0.762. The summed E-state index contributed by atoms with van der Waals surface area (Å²) in [5.41, 5.74) is 0.807. The number of rotatable bonds is 6. The van der Waals surface area contributed by atoms with E-state index < -0.39 is 11.7 Å². The van der Waals surface area contributed by atoms with Crippen LogP contribution in [-0.4, -0.2) is 53.2 Å². The van der Waals surface area contributed by atoms with Gasteiger partial charge in [0.2, 0.25) is 0 Å². The van der Waals surface area contributed by atoms with Gasteiger partial charge in [-0.05, 0) is 52.4 Å². The van der Waals surface area contributed by atoms with E-state index in [1.54, 1.807) is 13.3 Å². The number of nitrogens with zero attached hydrogens (tertiary/aromatic N) is 2. The minimum Gasteiger partial charge on any atom is -0.444 e. The van der Waals surface area contributed by atoms with Gasteiger partial charge in [0, 0.05) is 26.7 Å². The molecule has 8 nitrogen and oxygen atoms in total. The monoisotopic (exact) mass is 406 g/mol. The molecule has 3 rings (SSSR count). The summed E-state index contributed by atoms with van der Waals surface area (Å²) >= 11 is 0. The SMILES string of the molecule is COC1(CNC(=O)c2cnn3c2CC(CNC(=O)OC(C)(C)C)CC3)CCCC1. The maximum absolute atomic E-state index is 12.8. The van der Waals surface area contributed by atoms with E-state index in [9.17, 15) is 9.59 Å². The largest absolute Gasteiger partial charge is 0.444 e. The van der Waals surface area contributed by atoms with Gasteiger partial charge in [-0.3, -0.25) is 9.48 Å². The van der Waals surface area contributed by atoms with Gasteiger partial charge in [0.25, 0.3) is 5.91 Å². The number of carbonyl (C=O) groups excluding carboxylic acids is 2. The molecule has 1 aromatic rings. The van der Waals surface area contributed by atoms with Gasteiger partial charge < -0.3 is 20.1 Å². The van der Waals surface area contributed by atoms with Crippen molar-refractivity contribution in [3.05, 3.63) is 17.5 Å². The molecule has 0 spiro atoms. The number of aryl methyl sites for hydroxylation is 1. The second-order valence-electron chi connectivity index (χ2n) is 9.25. The molecule has 1 aliphatic carbocycles. The molecule has 8 heteroatoms. The Morgan fingerprint density at radius 1 is 1.28 bits per heavy atom. The number of fused-ring (bicyclic) bond motifs is 1. The number of alkyl carbamates (subject to hydrolysis) is 1. The van der Waals surface area contributed by atoms with E-state index in [1.807, 2.05) is 25.5 Å². The third-order valence-electron chi connectivity index (χ3n) is 5.88. The van der Waals surface area contributed by atoms with Crippen molar-refractivity contribution in [2.45, 2.75) is 77.0 Å². The fourth-order valence-electron chi connectivity index (χ4n) is 4.21. The normalized spacial score (nSPS) is 20.8. The first-order valence-electron chi connectivity index (χ1n) is 10.6. The summed E-state index contributed by atoms with van der Waals surface area (Å²) in [5, 5.41) is 10.3. The maximum atomic E-state index is 12.8. The molecular formula is C21H34N4O4. The van der Waals surface area contributed by atoms with Crippen molar-refractivity contribution in [1.82, 2.24) is 20.4 Å². The van der Waals surface area contributed by atoms with Gasteiger partial charge in [-0.1, -0.05) is 12.8 Å². The van der Waals surface area contributed by atoms with Crippen LogP contribution in [0.5, 0.6) is 0 Å². The lowest BCUT2D eigenvalue weighted by atomic mass is 9.94. The van der Waals surface area contributed by atoms with Gasteiger partial charge in [0.1, 0.15) is 5.60 Å². The van der Waals surface area contributed by atoms with Crippen LogP contribution < -0.4 is 10.6 Å². The van der Waals surface area contributed by atoms with Crippen molar-refractivity contribution in [3.8, 4) is 0 Å². The number of carbonyl (C=O) groups is 2. The first-order chi connectivity index (χ1) is 13.7. The van der Waals surface area contributed by atoms with Crippen molar-refractivity contribution in [2.75, 3.05) is 20.2 Å². The molecule has 162 valence electrons. The molecule has 2 N–H and O–H groups in total. The lowest BCUT2D eigenvalue weighted by Crippen LogP contribution is -2.42. The molecular weight excluding hydrogens is 372 g/mol. The number of methoxy groups -OCH3 is 1. The number of hydrogen-bond acceptors (Lipinski definition) is 5. The van der Waals surface area contributed by atoms with Crippen LogP contribution in [0.1, 0.15) is 68.9 Å². The molecule has 0 aromatic carbocycles. The molecule has 29 heavy (non-hydrogen) atoms. The number of nitrogens with one attached hydrogen (secondary N) is 2. The van der Waals surface area contributed by atoms with E-state index in [1.165, 1.54) is 0 Å². The van der Waals surface area contributed by atoms with E-state index in [0.29, 0.717) is 25.1 Å². The van der Waals surface area contributed by atoms with Gasteiger partial charge in [0.15, 0.2) is 0 Å². The predicted molar refractivity (Wildman–Crippen MR) is 109 cm³/mol. The van der Waals surface area contributed by atoms with Crippen LogP contribution in [-0.2, 0) is 22.4 Å². The Kier molecular flexibility index (Phi) is 6.51. The highest BCUT2D eigenvalue weighted by Crippen LogP contribution is 2.32. The van der Waals surface area contributed by atoms with Crippen molar-refractivity contribution in [2.24, 2.45) is 5.92 Å². The smallest absolute Gasteiger partial charge is 0.407 e. The lowest BCUT2D eigenvalue weighted by Gasteiger charge is -2.28. The van der Waals surface area contributed by atoms with Crippen LogP contribution in [0, 0.1) is 5.92 Å². The number of ether oxygens (including phenoxy) is 2. The number of hydrogen-bond donors (Lipinski definition) is 2. The van der Waals surface area contributed by atoms with Crippen LogP contribution >= 0.6 is 0 Å². The Labute approximate surface area is 172 Å². The zero-order valence-electron chi connectivity index (χ0n) is 18.0. The summed E-state index contributed by atoms with van der Waals surface area (Å²) in [6.45, 7) is 7.32. The van der Waals surface area contributed by atoms with Crippen LogP contribution in [0.2, 0.25) is 0 Å².